The lowest BCUT2D eigenvalue weighted by molar-refractivity contribution is -0.136. The Morgan fingerprint density at radius 3 is 2.37 bits per heavy atom. The van der Waals surface area contributed by atoms with E-state index in [4.69, 9.17) is 4.74 Å². The summed E-state index contributed by atoms with van der Waals surface area (Å²) in [6, 6.07) is 18.2. The molecule has 1 unspecified atom stereocenters. The Kier molecular flexibility index (Phi) is 9.18. The molecule has 0 saturated carbocycles. The maximum Gasteiger partial charge on any atom is 0.225 e. The first-order chi connectivity index (χ1) is 17.1. The van der Waals surface area contributed by atoms with E-state index < -0.39 is 0 Å². The van der Waals surface area contributed by atoms with Crippen molar-refractivity contribution in [2.45, 2.75) is 52.1 Å². The number of nitrogens with one attached hydrogen (secondary N) is 1. The zero-order valence-corrected chi connectivity index (χ0v) is 21.0. The smallest absolute Gasteiger partial charge is 0.225 e. The maximum atomic E-state index is 12.7. The van der Waals surface area contributed by atoms with Crippen molar-refractivity contribution in [2.24, 2.45) is 11.8 Å². The van der Waals surface area contributed by atoms with Gasteiger partial charge in [-0.15, -0.1) is 0 Å². The molecular weight excluding hydrogens is 438 g/mol. The van der Waals surface area contributed by atoms with Crippen LogP contribution in [0.3, 0.4) is 0 Å². The Morgan fingerprint density at radius 1 is 0.943 bits per heavy atom. The van der Waals surface area contributed by atoms with E-state index in [-0.39, 0.29) is 17.7 Å². The van der Waals surface area contributed by atoms with Crippen LogP contribution in [0.25, 0.3) is 0 Å². The molecule has 2 saturated heterocycles. The van der Waals surface area contributed by atoms with Gasteiger partial charge in [-0.1, -0.05) is 49.4 Å². The third-order valence-corrected chi connectivity index (χ3v) is 7.18. The Bertz CT molecular complexity index is 939. The number of piperidine rings is 2. The molecule has 0 aliphatic carbocycles. The van der Waals surface area contributed by atoms with Crippen molar-refractivity contribution >= 4 is 11.8 Å². The molecule has 2 heterocycles. The van der Waals surface area contributed by atoms with Crippen LogP contribution in [0, 0.1) is 11.8 Å². The summed E-state index contributed by atoms with van der Waals surface area (Å²) < 4.78 is 5.64. The summed E-state index contributed by atoms with van der Waals surface area (Å²) in [5.41, 5.74) is 2.46. The van der Waals surface area contributed by atoms with Crippen LogP contribution < -0.4 is 10.1 Å². The number of likely N-dealkylation sites (tertiary alicyclic amines) is 2. The Balaban J connectivity index is 1.13. The van der Waals surface area contributed by atoms with E-state index in [2.05, 4.69) is 41.4 Å². The van der Waals surface area contributed by atoms with Crippen molar-refractivity contribution in [3.63, 3.8) is 0 Å². The van der Waals surface area contributed by atoms with Crippen LogP contribution in [0.5, 0.6) is 5.75 Å². The minimum Gasteiger partial charge on any atom is -0.493 e. The average molecular weight is 478 g/mol. The molecule has 6 nitrogen and oxygen atoms in total. The predicted octanol–water partition coefficient (Wildman–Crippen LogP) is 4.24. The van der Waals surface area contributed by atoms with Gasteiger partial charge in [0.25, 0.3) is 0 Å². The Morgan fingerprint density at radius 2 is 1.66 bits per heavy atom. The lowest BCUT2D eigenvalue weighted by atomic mass is 9.95. The fraction of sp³-hybridized carbons (Fsp3) is 0.517. The first-order valence-electron chi connectivity index (χ1n) is 13.1. The van der Waals surface area contributed by atoms with Gasteiger partial charge in [0, 0.05) is 38.6 Å². The van der Waals surface area contributed by atoms with E-state index in [1.54, 1.807) is 0 Å². The molecule has 2 aliphatic rings. The standard InChI is InChI=1S/C29H39N3O3/c1-23-6-5-16-31(21-23)22-25-11-9-24(10-12-25)20-30-29(34)26-13-17-32(18-14-26)28(33)15-19-35-27-7-3-2-4-8-27/h2-4,7-12,23,26H,5-6,13-22H2,1H3,(H,30,34). The molecular formula is C29H39N3O3. The van der Waals surface area contributed by atoms with E-state index in [9.17, 15) is 9.59 Å². The molecule has 35 heavy (non-hydrogen) atoms. The highest BCUT2D eigenvalue weighted by atomic mass is 16.5. The number of para-hydroxylation sites is 1. The van der Waals surface area contributed by atoms with Gasteiger partial charge in [-0.05, 0) is 61.4 Å². The second kappa shape index (κ2) is 12.7. The van der Waals surface area contributed by atoms with E-state index in [0.29, 0.717) is 45.5 Å². The van der Waals surface area contributed by atoms with Gasteiger partial charge in [0.2, 0.25) is 11.8 Å². The normalized spacial score (nSPS) is 19.3. The molecule has 0 bridgehead atoms. The van der Waals surface area contributed by atoms with Crippen LogP contribution in [-0.4, -0.2) is 54.4 Å². The van der Waals surface area contributed by atoms with Gasteiger partial charge in [0.05, 0.1) is 13.0 Å². The highest BCUT2D eigenvalue weighted by molar-refractivity contribution is 5.80. The van der Waals surface area contributed by atoms with Gasteiger partial charge >= 0.3 is 0 Å². The van der Waals surface area contributed by atoms with Crippen LogP contribution in [0.4, 0.5) is 0 Å². The lowest BCUT2D eigenvalue weighted by Gasteiger charge is -2.31. The van der Waals surface area contributed by atoms with E-state index in [1.165, 1.54) is 31.5 Å². The highest BCUT2D eigenvalue weighted by Crippen LogP contribution is 2.20. The molecule has 1 N–H and O–H groups in total. The van der Waals surface area contributed by atoms with E-state index in [0.717, 1.165) is 23.8 Å². The quantitative estimate of drug-likeness (QED) is 0.587. The van der Waals surface area contributed by atoms with Gasteiger partial charge in [-0.25, -0.2) is 0 Å². The molecule has 2 fully saturated rings. The largest absolute Gasteiger partial charge is 0.493 e. The summed E-state index contributed by atoms with van der Waals surface area (Å²) in [5, 5.41) is 3.10. The minimum absolute atomic E-state index is 0.0278. The fourth-order valence-electron chi connectivity index (χ4n) is 5.11. The minimum atomic E-state index is -0.0278. The number of benzene rings is 2. The Labute approximate surface area is 209 Å². The van der Waals surface area contributed by atoms with E-state index in [1.807, 2.05) is 35.2 Å². The third-order valence-electron chi connectivity index (χ3n) is 7.18. The molecule has 2 amide bonds. The number of amides is 2. The summed E-state index contributed by atoms with van der Waals surface area (Å²) in [6.45, 7) is 7.90. The third kappa shape index (κ3) is 7.82. The summed E-state index contributed by atoms with van der Waals surface area (Å²) in [7, 11) is 0. The molecule has 0 aromatic heterocycles. The molecule has 0 radical (unpaired) electrons. The van der Waals surface area contributed by atoms with Gasteiger partial charge in [-0.3, -0.25) is 14.5 Å². The fourth-order valence-corrected chi connectivity index (χ4v) is 5.11. The average Bonchev–Trinajstić information content (AvgIpc) is 2.89. The molecule has 2 aliphatic heterocycles. The number of carbonyl (C=O) groups is 2. The number of rotatable bonds is 9. The van der Waals surface area contributed by atoms with Crippen LogP contribution >= 0.6 is 0 Å². The summed E-state index contributed by atoms with van der Waals surface area (Å²) in [5.74, 6) is 1.73. The van der Waals surface area contributed by atoms with E-state index >= 15 is 0 Å². The predicted molar refractivity (Wildman–Crippen MR) is 138 cm³/mol. The van der Waals surface area contributed by atoms with Crippen molar-refractivity contribution in [3.8, 4) is 5.75 Å². The molecule has 188 valence electrons. The SMILES string of the molecule is CC1CCCN(Cc2ccc(CNC(=O)C3CCN(C(=O)CCOc4ccccc4)CC3)cc2)C1. The zero-order valence-electron chi connectivity index (χ0n) is 21.0. The van der Waals surface area contributed by atoms with Crippen LogP contribution in [0.15, 0.2) is 54.6 Å². The first kappa shape index (κ1) is 25.2. The zero-order chi connectivity index (χ0) is 24.5. The molecule has 1 atom stereocenters. The number of hydrogen-bond acceptors (Lipinski definition) is 4. The molecule has 6 heteroatoms. The van der Waals surface area contributed by atoms with Crippen molar-refractivity contribution in [3.05, 3.63) is 65.7 Å². The molecule has 4 rings (SSSR count). The topological polar surface area (TPSA) is 61.9 Å². The molecule has 2 aromatic rings. The van der Waals surface area contributed by atoms with Crippen LogP contribution in [-0.2, 0) is 22.7 Å². The van der Waals surface area contributed by atoms with Gasteiger partial charge in [-0.2, -0.15) is 0 Å². The van der Waals surface area contributed by atoms with Crippen LogP contribution in [0.1, 0.15) is 50.2 Å². The monoisotopic (exact) mass is 477 g/mol. The maximum absolute atomic E-state index is 12.7. The number of hydrogen-bond donors (Lipinski definition) is 1. The van der Waals surface area contributed by atoms with Crippen molar-refractivity contribution in [1.29, 1.82) is 0 Å². The number of nitrogens with zero attached hydrogens (tertiary/aromatic N) is 2. The van der Waals surface area contributed by atoms with Crippen molar-refractivity contribution in [1.82, 2.24) is 15.1 Å². The van der Waals surface area contributed by atoms with Gasteiger partial charge in [0.1, 0.15) is 5.75 Å². The number of carbonyl (C=O) groups excluding carboxylic acids is 2. The Hall–Kier alpha value is -2.86. The first-order valence-corrected chi connectivity index (χ1v) is 13.1. The molecule has 0 spiro atoms. The summed E-state index contributed by atoms with van der Waals surface area (Å²) >= 11 is 0. The summed E-state index contributed by atoms with van der Waals surface area (Å²) in [4.78, 5) is 29.6. The van der Waals surface area contributed by atoms with Gasteiger partial charge in [0.15, 0.2) is 0 Å². The molecule has 2 aromatic carbocycles. The van der Waals surface area contributed by atoms with Crippen LogP contribution in [0.2, 0.25) is 0 Å². The second-order valence-electron chi connectivity index (χ2n) is 10.1. The van der Waals surface area contributed by atoms with Crippen molar-refractivity contribution in [2.75, 3.05) is 32.8 Å². The highest BCUT2D eigenvalue weighted by Gasteiger charge is 2.27. The summed E-state index contributed by atoms with van der Waals surface area (Å²) in [6.07, 6.45) is 4.42. The van der Waals surface area contributed by atoms with Gasteiger partial charge < -0.3 is 15.0 Å². The number of ether oxygens (including phenoxy) is 1. The lowest BCUT2D eigenvalue weighted by Crippen LogP contribution is -2.43. The van der Waals surface area contributed by atoms with Crippen molar-refractivity contribution < 1.29 is 14.3 Å². The second-order valence-corrected chi connectivity index (χ2v) is 10.1.